The summed E-state index contributed by atoms with van der Waals surface area (Å²) in [5.41, 5.74) is 0. The highest BCUT2D eigenvalue weighted by Gasteiger charge is 2.12. The highest BCUT2D eigenvalue weighted by Crippen LogP contribution is 1.89. The molecule has 0 atom stereocenters. The van der Waals surface area contributed by atoms with Crippen molar-refractivity contribution in [2.75, 3.05) is 27.2 Å². The van der Waals surface area contributed by atoms with Crippen LogP contribution in [0.4, 0.5) is 0 Å². The molecule has 0 saturated carbocycles. The summed E-state index contributed by atoms with van der Waals surface area (Å²) in [5, 5.41) is 0. The van der Waals surface area contributed by atoms with Crippen molar-refractivity contribution in [2.45, 2.75) is 13.8 Å². The zero-order valence-electron chi connectivity index (χ0n) is 9.03. The normalized spacial score (nSPS) is 9.43. The van der Waals surface area contributed by atoms with Crippen LogP contribution < -0.4 is 0 Å². The number of nitrogens with zero attached hydrogens (tertiary/aromatic N) is 2. The van der Waals surface area contributed by atoms with Crippen LogP contribution in [0.25, 0.3) is 0 Å². The van der Waals surface area contributed by atoms with Crippen LogP contribution >= 0.6 is 0 Å². The van der Waals surface area contributed by atoms with Gasteiger partial charge in [0.05, 0.1) is 13.1 Å². The van der Waals surface area contributed by atoms with E-state index in [1.165, 1.54) is 23.6 Å². The molecule has 0 unspecified atom stereocenters. The number of amides is 2. The fourth-order valence-corrected chi connectivity index (χ4v) is 0.802. The van der Waals surface area contributed by atoms with Crippen molar-refractivity contribution in [1.29, 1.82) is 0 Å². The molecule has 0 rings (SSSR count). The first-order chi connectivity index (χ1) is 6.34. The van der Waals surface area contributed by atoms with E-state index in [1.54, 1.807) is 14.1 Å². The molecule has 0 aromatic heterocycles. The number of carbonyl (C=O) groups is 3. The van der Waals surface area contributed by atoms with Crippen LogP contribution in [0.2, 0.25) is 0 Å². The minimum absolute atomic E-state index is 0.0486. The Morgan fingerprint density at radius 1 is 0.857 bits per heavy atom. The fraction of sp³-hybridized carbons (Fsp3) is 0.667. The van der Waals surface area contributed by atoms with E-state index in [-0.39, 0.29) is 30.7 Å². The van der Waals surface area contributed by atoms with Gasteiger partial charge in [-0.1, -0.05) is 0 Å². The number of hydrogen-bond donors (Lipinski definition) is 0. The number of ketones is 1. The lowest BCUT2D eigenvalue weighted by atomic mass is 10.3. The molecule has 5 heteroatoms. The summed E-state index contributed by atoms with van der Waals surface area (Å²) in [7, 11) is 3.10. The minimum Gasteiger partial charge on any atom is -0.339 e. The number of likely N-dealkylation sites (N-methyl/N-ethyl adjacent to an activating group) is 2. The minimum atomic E-state index is -0.163. The first-order valence-electron chi connectivity index (χ1n) is 4.29. The van der Waals surface area contributed by atoms with E-state index in [2.05, 4.69) is 0 Å². The SMILES string of the molecule is CC(=O)N(C)CC(=O)CN(C)C(C)=O. The van der Waals surface area contributed by atoms with E-state index >= 15 is 0 Å². The monoisotopic (exact) mass is 200 g/mol. The molecular formula is C9H16N2O3. The Morgan fingerprint density at radius 3 is 1.36 bits per heavy atom. The maximum absolute atomic E-state index is 11.3. The van der Waals surface area contributed by atoms with Crippen molar-refractivity contribution in [3.05, 3.63) is 0 Å². The fourth-order valence-electron chi connectivity index (χ4n) is 0.802. The van der Waals surface area contributed by atoms with E-state index in [1.807, 2.05) is 0 Å². The van der Waals surface area contributed by atoms with Gasteiger partial charge in [-0.25, -0.2) is 0 Å². The molecule has 0 fully saturated rings. The van der Waals surface area contributed by atoms with Crippen molar-refractivity contribution in [1.82, 2.24) is 9.80 Å². The third-order valence-corrected chi connectivity index (χ3v) is 1.90. The molecule has 14 heavy (non-hydrogen) atoms. The van der Waals surface area contributed by atoms with Crippen LogP contribution in [0.5, 0.6) is 0 Å². The Balaban J connectivity index is 3.99. The van der Waals surface area contributed by atoms with Gasteiger partial charge in [-0.05, 0) is 0 Å². The summed E-state index contributed by atoms with van der Waals surface area (Å²) < 4.78 is 0. The predicted octanol–water partition coefficient (Wildman–Crippen LogP) is -0.488. The number of Topliss-reactive ketones (excluding diaryl/α,β-unsaturated/α-hetero) is 1. The summed E-state index contributed by atoms with van der Waals surface area (Å²) in [6.45, 7) is 2.88. The first kappa shape index (κ1) is 12.6. The van der Waals surface area contributed by atoms with Crippen LogP contribution in [-0.4, -0.2) is 54.6 Å². The summed E-state index contributed by atoms with van der Waals surface area (Å²) in [4.78, 5) is 35.5. The van der Waals surface area contributed by atoms with E-state index in [0.717, 1.165) is 0 Å². The quantitative estimate of drug-likeness (QED) is 0.615. The number of rotatable bonds is 4. The zero-order valence-corrected chi connectivity index (χ0v) is 9.03. The molecule has 0 aliphatic rings. The summed E-state index contributed by atoms with van der Waals surface area (Å²) in [5.74, 6) is -0.479. The molecule has 0 saturated heterocycles. The van der Waals surface area contributed by atoms with Gasteiger partial charge in [-0.3, -0.25) is 14.4 Å². The van der Waals surface area contributed by atoms with Gasteiger partial charge in [0, 0.05) is 27.9 Å². The molecule has 0 spiro atoms. The Hall–Kier alpha value is -1.39. The third-order valence-electron chi connectivity index (χ3n) is 1.90. The predicted molar refractivity (Wildman–Crippen MR) is 51.6 cm³/mol. The molecule has 0 N–H and O–H groups in total. The highest BCUT2D eigenvalue weighted by molar-refractivity contribution is 5.89. The van der Waals surface area contributed by atoms with Gasteiger partial charge in [-0.2, -0.15) is 0 Å². The molecule has 0 bridgehead atoms. The van der Waals surface area contributed by atoms with Crippen molar-refractivity contribution < 1.29 is 14.4 Å². The van der Waals surface area contributed by atoms with Crippen LogP contribution in [-0.2, 0) is 14.4 Å². The van der Waals surface area contributed by atoms with Crippen molar-refractivity contribution >= 4 is 17.6 Å². The Morgan fingerprint density at radius 2 is 1.14 bits per heavy atom. The van der Waals surface area contributed by atoms with Crippen molar-refractivity contribution in [2.24, 2.45) is 0 Å². The Bertz CT molecular complexity index is 226. The average Bonchev–Trinajstić information content (AvgIpc) is 2.03. The largest absolute Gasteiger partial charge is 0.339 e. The van der Waals surface area contributed by atoms with E-state index in [0.29, 0.717) is 0 Å². The molecule has 5 nitrogen and oxygen atoms in total. The average molecular weight is 200 g/mol. The van der Waals surface area contributed by atoms with Gasteiger partial charge < -0.3 is 9.80 Å². The maximum atomic E-state index is 11.3. The van der Waals surface area contributed by atoms with Crippen LogP contribution in [0, 0.1) is 0 Å². The maximum Gasteiger partial charge on any atom is 0.219 e. The van der Waals surface area contributed by atoms with Gasteiger partial charge in [0.1, 0.15) is 0 Å². The topological polar surface area (TPSA) is 57.7 Å². The highest BCUT2D eigenvalue weighted by atomic mass is 16.2. The second kappa shape index (κ2) is 5.36. The third kappa shape index (κ3) is 4.59. The molecule has 0 aliphatic heterocycles. The van der Waals surface area contributed by atoms with Crippen molar-refractivity contribution in [3.63, 3.8) is 0 Å². The molecule has 0 aromatic carbocycles. The van der Waals surface area contributed by atoms with Crippen LogP contribution in [0.1, 0.15) is 13.8 Å². The molecule has 0 radical (unpaired) electrons. The number of hydrogen-bond acceptors (Lipinski definition) is 3. The second-order valence-corrected chi connectivity index (χ2v) is 3.29. The Kier molecular flexibility index (Phi) is 4.83. The lowest BCUT2D eigenvalue weighted by molar-refractivity contribution is -0.135. The number of carbonyl (C=O) groups excluding carboxylic acids is 3. The van der Waals surface area contributed by atoms with E-state index in [9.17, 15) is 14.4 Å². The van der Waals surface area contributed by atoms with E-state index in [4.69, 9.17) is 0 Å². The van der Waals surface area contributed by atoms with Gasteiger partial charge in [-0.15, -0.1) is 0 Å². The molecule has 80 valence electrons. The molecule has 0 heterocycles. The summed E-state index contributed by atoms with van der Waals surface area (Å²) >= 11 is 0. The molecule has 0 aliphatic carbocycles. The van der Waals surface area contributed by atoms with Gasteiger partial charge >= 0.3 is 0 Å². The molecule has 2 amide bonds. The molecular weight excluding hydrogens is 184 g/mol. The van der Waals surface area contributed by atoms with Gasteiger partial charge in [0.15, 0.2) is 5.78 Å². The molecule has 0 aromatic rings. The lowest BCUT2D eigenvalue weighted by Gasteiger charge is -2.17. The van der Waals surface area contributed by atoms with Gasteiger partial charge in [0.25, 0.3) is 0 Å². The standard InChI is InChI=1S/C9H16N2O3/c1-7(12)10(3)5-9(14)6-11(4)8(2)13/h5-6H2,1-4H3. The Labute approximate surface area is 83.7 Å². The van der Waals surface area contributed by atoms with Crippen LogP contribution in [0.15, 0.2) is 0 Å². The smallest absolute Gasteiger partial charge is 0.219 e. The summed E-state index contributed by atoms with van der Waals surface area (Å²) in [6.07, 6.45) is 0. The zero-order chi connectivity index (χ0) is 11.3. The van der Waals surface area contributed by atoms with Crippen molar-refractivity contribution in [3.8, 4) is 0 Å². The first-order valence-corrected chi connectivity index (χ1v) is 4.29. The van der Waals surface area contributed by atoms with Crippen LogP contribution in [0.3, 0.4) is 0 Å². The summed E-state index contributed by atoms with van der Waals surface area (Å²) in [6, 6.07) is 0. The van der Waals surface area contributed by atoms with Gasteiger partial charge in [0.2, 0.25) is 11.8 Å². The lowest BCUT2D eigenvalue weighted by Crippen LogP contribution is -2.37. The van der Waals surface area contributed by atoms with E-state index < -0.39 is 0 Å². The second-order valence-electron chi connectivity index (χ2n) is 3.29.